The molecule has 0 aliphatic carbocycles. The van der Waals surface area contributed by atoms with Gasteiger partial charge in [0, 0.05) is 13.1 Å². The second-order valence-electron chi connectivity index (χ2n) is 5.16. The van der Waals surface area contributed by atoms with Gasteiger partial charge < -0.3 is 10.1 Å². The van der Waals surface area contributed by atoms with Crippen LogP contribution in [-0.2, 0) is 4.74 Å². The van der Waals surface area contributed by atoms with Crippen LogP contribution in [0.1, 0.15) is 48.5 Å². The van der Waals surface area contributed by atoms with E-state index in [4.69, 9.17) is 4.74 Å². The smallest absolute Gasteiger partial charge is 0.0599 e. The van der Waals surface area contributed by atoms with Crippen molar-refractivity contribution >= 4 is 0 Å². The minimum absolute atomic E-state index is 0.0539. The van der Waals surface area contributed by atoms with Crippen molar-refractivity contribution < 1.29 is 4.74 Å². The molecule has 0 amide bonds. The summed E-state index contributed by atoms with van der Waals surface area (Å²) < 4.78 is 5.61. The van der Waals surface area contributed by atoms with Gasteiger partial charge in [-0.25, -0.2) is 0 Å². The molecule has 0 bridgehead atoms. The first-order chi connectivity index (χ1) is 8.85. The van der Waals surface area contributed by atoms with Gasteiger partial charge in [-0.05, 0) is 40.2 Å². The number of rotatable bonds is 7. The summed E-state index contributed by atoms with van der Waals surface area (Å²) in [5, 5.41) is 3.30. The van der Waals surface area contributed by atoms with E-state index in [0.717, 1.165) is 25.3 Å². The van der Waals surface area contributed by atoms with Crippen molar-refractivity contribution in [1.82, 2.24) is 5.32 Å². The minimum atomic E-state index is -0.0539. The third-order valence-electron chi connectivity index (χ3n) is 2.20. The van der Waals surface area contributed by atoms with Crippen molar-refractivity contribution in [2.75, 3.05) is 19.7 Å². The van der Waals surface area contributed by atoms with E-state index in [0.29, 0.717) is 0 Å². The van der Waals surface area contributed by atoms with E-state index in [1.807, 2.05) is 26.8 Å². The lowest BCUT2D eigenvalue weighted by molar-refractivity contribution is -0.000533. The highest BCUT2D eigenvalue weighted by molar-refractivity contribution is 5.25. The van der Waals surface area contributed by atoms with Crippen molar-refractivity contribution in [2.45, 2.75) is 54.1 Å². The second-order valence-corrected chi connectivity index (χ2v) is 5.16. The maximum Gasteiger partial charge on any atom is 0.0599 e. The maximum absolute atomic E-state index is 5.61. The van der Waals surface area contributed by atoms with Crippen LogP contribution in [0.15, 0.2) is 36.0 Å². The summed E-state index contributed by atoms with van der Waals surface area (Å²) in [6.45, 7) is 20.7. The number of hydrogen-bond donors (Lipinski definition) is 1. The second kappa shape index (κ2) is 12.2. The van der Waals surface area contributed by atoms with Gasteiger partial charge >= 0.3 is 0 Å². The van der Waals surface area contributed by atoms with E-state index in [-0.39, 0.29) is 5.60 Å². The first kappa shape index (κ1) is 20.5. The average molecular weight is 267 g/mol. The number of allylic oxidation sites excluding steroid dienone is 3. The van der Waals surface area contributed by atoms with Gasteiger partial charge in [0.2, 0.25) is 0 Å². The van der Waals surface area contributed by atoms with E-state index in [2.05, 4.69) is 51.7 Å². The van der Waals surface area contributed by atoms with Crippen molar-refractivity contribution in [3.05, 3.63) is 36.0 Å². The molecule has 0 aromatic carbocycles. The van der Waals surface area contributed by atoms with Gasteiger partial charge in [-0.3, -0.25) is 0 Å². The van der Waals surface area contributed by atoms with Crippen molar-refractivity contribution in [3.8, 4) is 0 Å². The highest BCUT2D eigenvalue weighted by Gasteiger charge is 2.08. The molecule has 0 aliphatic rings. The quantitative estimate of drug-likeness (QED) is 0.542. The highest BCUT2D eigenvalue weighted by atomic mass is 16.5. The third kappa shape index (κ3) is 17.1. The van der Waals surface area contributed by atoms with E-state index in [1.54, 1.807) is 0 Å². The van der Waals surface area contributed by atoms with Gasteiger partial charge in [-0.1, -0.05) is 44.2 Å². The molecule has 2 heteroatoms. The third-order valence-corrected chi connectivity index (χ3v) is 2.20. The van der Waals surface area contributed by atoms with Crippen LogP contribution in [-0.4, -0.2) is 25.3 Å². The van der Waals surface area contributed by atoms with Crippen LogP contribution in [0.2, 0.25) is 0 Å². The average Bonchev–Trinajstić information content (AvgIpc) is 2.36. The zero-order valence-electron chi connectivity index (χ0n) is 14.0. The molecule has 0 spiro atoms. The van der Waals surface area contributed by atoms with E-state index < -0.39 is 0 Å². The summed E-state index contributed by atoms with van der Waals surface area (Å²) in [6, 6.07) is 0. The largest absolute Gasteiger partial charge is 0.375 e. The monoisotopic (exact) mass is 267 g/mol. The first-order valence-electron chi connectivity index (χ1n) is 7.18. The van der Waals surface area contributed by atoms with Crippen LogP contribution < -0.4 is 5.32 Å². The lowest BCUT2D eigenvalue weighted by Gasteiger charge is -2.19. The van der Waals surface area contributed by atoms with Crippen molar-refractivity contribution in [1.29, 1.82) is 0 Å². The molecule has 0 aromatic heterocycles. The lowest BCUT2D eigenvalue weighted by atomic mass is 10.2. The molecule has 0 fully saturated rings. The van der Waals surface area contributed by atoms with E-state index in [9.17, 15) is 0 Å². The summed E-state index contributed by atoms with van der Waals surface area (Å²) in [4.78, 5) is 0. The molecule has 0 rings (SSSR count). The topological polar surface area (TPSA) is 21.3 Å². The molecule has 112 valence electrons. The highest BCUT2D eigenvalue weighted by Crippen LogP contribution is 2.05. The molecule has 0 heterocycles. The van der Waals surface area contributed by atoms with Crippen LogP contribution in [0.4, 0.5) is 0 Å². The molecule has 0 unspecified atom stereocenters. The molecule has 1 N–H and O–H groups in total. The Labute approximate surface area is 120 Å². The van der Waals surface area contributed by atoms with Crippen molar-refractivity contribution in [3.63, 3.8) is 0 Å². The van der Waals surface area contributed by atoms with Gasteiger partial charge in [-0.2, -0.15) is 0 Å². The predicted molar refractivity (Wildman–Crippen MR) is 87.6 cm³/mol. The standard InChI is InChI=1S/C15H27NO.C2H6/c1-7-13(2)8-9-14(3)12-16-10-11-17-15(4,5)6;1-2/h7-9,16H,3,10-12H2,1-2,4-6H3;1-2H3/b9-8-,13-7-;. The molecule has 0 atom stereocenters. The Kier molecular flexibility index (Phi) is 13.1. The Morgan fingerprint density at radius 1 is 1.21 bits per heavy atom. The Hall–Kier alpha value is -0.860. The Balaban J connectivity index is 0. The molecule has 0 saturated heterocycles. The Morgan fingerprint density at radius 2 is 1.79 bits per heavy atom. The number of hydrogen-bond acceptors (Lipinski definition) is 2. The molecule has 19 heavy (non-hydrogen) atoms. The maximum atomic E-state index is 5.61. The van der Waals surface area contributed by atoms with Gasteiger partial charge in [0.1, 0.15) is 0 Å². The zero-order valence-corrected chi connectivity index (χ0v) is 14.0. The SMILES string of the molecule is C=C(/C=C\C(C)=C/C)CNCCOC(C)(C)C.CC. The van der Waals surface area contributed by atoms with Crippen LogP contribution in [0, 0.1) is 0 Å². The molecule has 0 radical (unpaired) electrons. The summed E-state index contributed by atoms with van der Waals surface area (Å²) in [7, 11) is 0. The summed E-state index contributed by atoms with van der Waals surface area (Å²) >= 11 is 0. The molecular weight excluding hydrogens is 234 g/mol. The summed E-state index contributed by atoms with van der Waals surface area (Å²) in [5.41, 5.74) is 2.28. The van der Waals surface area contributed by atoms with Crippen LogP contribution in [0.25, 0.3) is 0 Å². The van der Waals surface area contributed by atoms with Crippen LogP contribution in [0.5, 0.6) is 0 Å². The molecular formula is C17H33NO. The lowest BCUT2D eigenvalue weighted by Crippen LogP contribution is -2.27. The predicted octanol–water partition coefficient (Wildman–Crippen LogP) is 4.50. The Morgan fingerprint density at radius 3 is 2.26 bits per heavy atom. The van der Waals surface area contributed by atoms with E-state index >= 15 is 0 Å². The fourth-order valence-electron chi connectivity index (χ4n) is 1.08. The van der Waals surface area contributed by atoms with Gasteiger partial charge in [0.15, 0.2) is 0 Å². The van der Waals surface area contributed by atoms with Gasteiger partial charge in [0.25, 0.3) is 0 Å². The summed E-state index contributed by atoms with van der Waals surface area (Å²) in [6.07, 6.45) is 6.21. The Bertz CT molecular complexity index is 282. The van der Waals surface area contributed by atoms with E-state index in [1.165, 1.54) is 5.57 Å². The van der Waals surface area contributed by atoms with Crippen molar-refractivity contribution in [2.24, 2.45) is 0 Å². The molecule has 0 saturated carbocycles. The zero-order chi connectivity index (χ0) is 15.3. The normalized spacial score (nSPS) is 12.3. The van der Waals surface area contributed by atoms with Crippen LogP contribution in [0.3, 0.4) is 0 Å². The van der Waals surface area contributed by atoms with Gasteiger partial charge in [0.05, 0.1) is 12.2 Å². The fraction of sp³-hybridized carbons (Fsp3) is 0.647. The molecule has 0 aliphatic heterocycles. The first-order valence-corrected chi connectivity index (χ1v) is 7.18. The fourth-order valence-corrected chi connectivity index (χ4v) is 1.08. The minimum Gasteiger partial charge on any atom is -0.375 e. The number of ether oxygens (including phenoxy) is 1. The number of nitrogens with one attached hydrogen (secondary N) is 1. The van der Waals surface area contributed by atoms with Crippen LogP contribution >= 0.6 is 0 Å². The summed E-state index contributed by atoms with van der Waals surface area (Å²) in [5.74, 6) is 0. The molecule has 0 aromatic rings. The molecule has 2 nitrogen and oxygen atoms in total. The van der Waals surface area contributed by atoms with Gasteiger partial charge in [-0.15, -0.1) is 0 Å².